The second-order valence-electron chi connectivity index (χ2n) is 6.36. The first-order valence-corrected chi connectivity index (χ1v) is 8.24. The standard InChI is InChI=1S/C19H24N2O4/c1-12(2)21(11-14(4)22)19(24)15-8-7-13(3)16(10-15)20-18(23)17-6-5-9-25-17/h5-10,12,14,22H,11H2,1-4H3,(H,20,23). The molecule has 6 heteroatoms. The Morgan fingerprint density at radius 2 is 1.96 bits per heavy atom. The van der Waals surface area contributed by atoms with Crippen molar-refractivity contribution in [1.29, 1.82) is 0 Å². The average molecular weight is 344 g/mol. The Kier molecular flexibility index (Phi) is 5.98. The molecule has 2 aromatic rings. The van der Waals surface area contributed by atoms with Crippen molar-refractivity contribution in [3.63, 3.8) is 0 Å². The van der Waals surface area contributed by atoms with Crippen molar-refractivity contribution >= 4 is 17.5 Å². The zero-order valence-electron chi connectivity index (χ0n) is 14.9. The normalized spacial score (nSPS) is 12.1. The van der Waals surface area contributed by atoms with E-state index in [1.807, 2.05) is 20.8 Å². The fraction of sp³-hybridized carbons (Fsp3) is 0.368. The first kappa shape index (κ1) is 18.7. The lowest BCUT2D eigenvalue weighted by Crippen LogP contribution is -2.41. The molecule has 0 spiro atoms. The zero-order valence-corrected chi connectivity index (χ0v) is 14.9. The van der Waals surface area contributed by atoms with Crippen LogP contribution in [-0.2, 0) is 0 Å². The summed E-state index contributed by atoms with van der Waals surface area (Å²) in [4.78, 5) is 26.6. The van der Waals surface area contributed by atoms with Gasteiger partial charge >= 0.3 is 0 Å². The molecule has 6 nitrogen and oxygen atoms in total. The SMILES string of the molecule is Cc1ccc(C(=O)N(CC(C)O)C(C)C)cc1NC(=O)c1ccco1. The number of aliphatic hydroxyl groups excluding tert-OH is 1. The molecule has 25 heavy (non-hydrogen) atoms. The number of carbonyl (C=O) groups is 2. The van der Waals surface area contributed by atoms with Crippen molar-refractivity contribution in [2.24, 2.45) is 0 Å². The third-order valence-corrected chi connectivity index (χ3v) is 3.82. The number of hydrogen-bond acceptors (Lipinski definition) is 4. The molecule has 1 heterocycles. The third-order valence-electron chi connectivity index (χ3n) is 3.82. The molecule has 0 aliphatic rings. The highest BCUT2D eigenvalue weighted by Crippen LogP contribution is 2.20. The minimum absolute atomic E-state index is 0.0513. The van der Waals surface area contributed by atoms with Gasteiger partial charge in [-0.15, -0.1) is 0 Å². The maximum absolute atomic E-state index is 12.8. The zero-order chi connectivity index (χ0) is 18.6. The van der Waals surface area contributed by atoms with E-state index in [0.717, 1.165) is 5.56 Å². The van der Waals surface area contributed by atoms with Crippen LogP contribution in [0.25, 0.3) is 0 Å². The van der Waals surface area contributed by atoms with Crippen LogP contribution in [0.15, 0.2) is 41.0 Å². The lowest BCUT2D eigenvalue weighted by atomic mass is 10.1. The summed E-state index contributed by atoms with van der Waals surface area (Å²) in [5.41, 5.74) is 1.84. The smallest absolute Gasteiger partial charge is 0.291 e. The fourth-order valence-corrected chi connectivity index (χ4v) is 2.46. The van der Waals surface area contributed by atoms with Crippen LogP contribution in [0.5, 0.6) is 0 Å². The summed E-state index contributed by atoms with van der Waals surface area (Å²) < 4.78 is 5.08. The van der Waals surface area contributed by atoms with Gasteiger partial charge in [0.2, 0.25) is 0 Å². The Bertz CT molecular complexity index is 736. The molecule has 2 amide bonds. The molecular weight excluding hydrogens is 320 g/mol. The van der Waals surface area contributed by atoms with E-state index in [1.54, 1.807) is 42.2 Å². The van der Waals surface area contributed by atoms with E-state index in [4.69, 9.17) is 4.42 Å². The second-order valence-corrected chi connectivity index (χ2v) is 6.36. The number of rotatable bonds is 6. The maximum atomic E-state index is 12.8. The number of nitrogens with zero attached hydrogens (tertiary/aromatic N) is 1. The highest BCUT2D eigenvalue weighted by molar-refractivity contribution is 6.04. The topological polar surface area (TPSA) is 82.8 Å². The van der Waals surface area contributed by atoms with Gasteiger partial charge < -0.3 is 19.7 Å². The average Bonchev–Trinajstić information content (AvgIpc) is 3.08. The summed E-state index contributed by atoms with van der Waals surface area (Å²) in [5.74, 6) is -0.360. The van der Waals surface area contributed by atoms with Gasteiger partial charge in [-0.2, -0.15) is 0 Å². The van der Waals surface area contributed by atoms with Crippen molar-refractivity contribution in [3.05, 3.63) is 53.5 Å². The molecule has 0 aliphatic heterocycles. The summed E-state index contributed by atoms with van der Waals surface area (Å²) in [6.45, 7) is 7.54. The van der Waals surface area contributed by atoms with Gasteiger partial charge in [0.1, 0.15) is 0 Å². The van der Waals surface area contributed by atoms with Crippen LogP contribution in [0.4, 0.5) is 5.69 Å². The van der Waals surface area contributed by atoms with E-state index in [9.17, 15) is 14.7 Å². The summed E-state index contributed by atoms with van der Waals surface area (Å²) in [6, 6.07) is 8.31. The number of carbonyl (C=O) groups excluding carboxylic acids is 2. The molecule has 1 unspecified atom stereocenters. The van der Waals surface area contributed by atoms with Crippen molar-refractivity contribution < 1.29 is 19.1 Å². The van der Waals surface area contributed by atoms with E-state index in [1.165, 1.54) is 6.26 Å². The van der Waals surface area contributed by atoms with Gasteiger partial charge in [-0.3, -0.25) is 9.59 Å². The van der Waals surface area contributed by atoms with Crippen molar-refractivity contribution in [1.82, 2.24) is 4.90 Å². The summed E-state index contributed by atoms with van der Waals surface area (Å²) in [7, 11) is 0. The summed E-state index contributed by atoms with van der Waals surface area (Å²) >= 11 is 0. The molecule has 0 fully saturated rings. The van der Waals surface area contributed by atoms with Crippen LogP contribution in [0.3, 0.4) is 0 Å². The lowest BCUT2D eigenvalue weighted by Gasteiger charge is -2.28. The Morgan fingerprint density at radius 1 is 1.24 bits per heavy atom. The fourth-order valence-electron chi connectivity index (χ4n) is 2.46. The first-order chi connectivity index (χ1) is 11.8. The van der Waals surface area contributed by atoms with Crippen LogP contribution < -0.4 is 5.32 Å². The highest BCUT2D eigenvalue weighted by atomic mass is 16.3. The van der Waals surface area contributed by atoms with E-state index >= 15 is 0 Å². The van der Waals surface area contributed by atoms with Crippen molar-refractivity contribution in [3.8, 4) is 0 Å². The molecule has 0 bridgehead atoms. The number of aryl methyl sites for hydroxylation is 1. The predicted molar refractivity (Wildman–Crippen MR) is 95.7 cm³/mol. The molecule has 134 valence electrons. The van der Waals surface area contributed by atoms with Crippen LogP contribution in [0.2, 0.25) is 0 Å². The molecule has 0 aliphatic carbocycles. The Labute approximate surface area is 147 Å². The first-order valence-electron chi connectivity index (χ1n) is 8.24. The third kappa shape index (κ3) is 4.70. The Balaban J connectivity index is 2.25. The number of hydrogen-bond donors (Lipinski definition) is 2. The number of furan rings is 1. The maximum Gasteiger partial charge on any atom is 0.291 e. The number of nitrogens with one attached hydrogen (secondary N) is 1. The van der Waals surface area contributed by atoms with Gasteiger partial charge in [-0.05, 0) is 57.5 Å². The summed E-state index contributed by atoms with van der Waals surface area (Å²) in [6.07, 6.45) is 0.813. The van der Waals surface area contributed by atoms with Crippen molar-refractivity contribution in [2.45, 2.75) is 39.8 Å². The van der Waals surface area contributed by atoms with E-state index in [0.29, 0.717) is 11.3 Å². The number of anilines is 1. The Hall–Kier alpha value is -2.60. The van der Waals surface area contributed by atoms with Crippen LogP contribution in [0, 0.1) is 6.92 Å². The largest absolute Gasteiger partial charge is 0.459 e. The molecule has 2 rings (SSSR count). The van der Waals surface area contributed by atoms with E-state index in [2.05, 4.69) is 5.32 Å². The summed E-state index contributed by atoms with van der Waals surface area (Å²) in [5, 5.41) is 12.4. The van der Waals surface area contributed by atoms with Gasteiger partial charge in [0, 0.05) is 23.8 Å². The van der Waals surface area contributed by atoms with Crippen LogP contribution >= 0.6 is 0 Å². The minimum Gasteiger partial charge on any atom is -0.459 e. The van der Waals surface area contributed by atoms with Gasteiger partial charge in [0.05, 0.1) is 12.4 Å². The molecule has 0 saturated heterocycles. The van der Waals surface area contributed by atoms with Gasteiger partial charge in [-0.1, -0.05) is 6.07 Å². The monoisotopic (exact) mass is 344 g/mol. The van der Waals surface area contributed by atoms with E-state index in [-0.39, 0.29) is 30.2 Å². The molecule has 1 atom stereocenters. The quantitative estimate of drug-likeness (QED) is 0.844. The van der Waals surface area contributed by atoms with Crippen LogP contribution in [-0.4, -0.2) is 40.5 Å². The van der Waals surface area contributed by atoms with Crippen LogP contribution in [0.1, 0.15) is 47.2 Å². The van der Waals surface area contributed by atoms with Gasteiger partial charge in [-0.25, -0.2) is 0 Å². The Morgan fingerprint density at radius 3 is 2.52 bits per heavy atom. The number of benzene rings is 1. The number of amides is 2. The van der Waals surface area contributed by atoms with Crippen molar-refractivity contribution in [2.75, 3.05) is 11.9 Å². The van der Waals surface area contributed by atoms with E-state index < -0.39 is 6.10 Å². The lowest BCUT2D eigenvalue weighted by molar-refractivity contribution is 0.0578. The molecule has 0 saturated carbocycles. The molecule has 0 radical (unpaired) electrons. The van der Waals surface area contributed by atoms with Gasteiger partial charge in [0.15, 0.2) is 5.76 Å². The second kappa shape index (κ2) is 7.98. The van der Waals surface area contributed by atoms with Gasteiger partial charge in [0.25, 0.3) is 11.8 Å². The minimum atomic E-state index is -0.616. The number of aliphatic hydroxyl groups is 1. The molecular formula is C19H24N2O4. The highest BCUT2D eigenvalue weighted by Gasteiger charge is 2.21. The molecule has 1 aromatic carbocycles. The molecule has 1 aromatic heterocycles. The predicted octanol–water partition coefficient (Wildman–Crippen LogP) is 3.07. The molecule has 2 N–H and O–H groups in total.